The molecule has 0 aromatic heterocycles. The molecule has 1 aliphatic heterocycles. The van der Waals surface area contributed by atoms with Gasteiger partial charge in [0.15, 0.2) is 6.61 Å². The van der Waals surface area contributed by atoms with E-state index in [-0.39, 0.29) is 29.4 Å². The highest BCUT2D eigenvalue weighted by Gasteiger charge is 2.19. The number of carbonyl (C=O) groups is 2. The summed E-state index contributed by atoms with van der Waals surface area (Å²) in [5, 5.41) is 26.9. The number of ether oxygens (including phenoxy) is 1. The molecule has 0 aliphatic carbocycles. The van der Waals surface area contributed by atoms with E-state index in [0.29, 0.717) is 18.8 Å². The van der Waals surface area contributed by atoms with Crippen LogP contribution in [0.15, 0.2) is 89.4 Å². The van der Waals surface area contributed by atoms with Crippen LogP contribution >= 0.6 is 15.9 Å². The Morgan fingerprint density at radius 2 is 1.80 bits per heavy atom. The fraction of sp³-hybridized carbons (Fsp3) is 0.125. The van der Waals surface area contributed by atoms with E-state index in [0.717, 1.165) is 27.2 Å². The maximum absolute atomic E-state index is 12.6. The minimum Gasteiger partial charge on any atom is -0.507 e. The number of hydrogen-bond donors (Lipinski definition) is 3. The first-order valence-electron chi connectivity index (χ1n) is 12.7. The molecule has 0 saturated heterocycles. The maximum Gasteiger partial charge on any atom is 0.260 e. The lowest BCUT2D eigenvalue weighted by atomic mass is 9.99. The Balaban J connectivity index is 0.000000271. The van der Waals surface area contributed by atoms with Gasteiger partial charge >= 0.3 is 0 Å². The molecule has 0 spiro atoms. The number of nitrogens with zero attached hydrogens (tertiary/aromatic N) is 2. The number of nitrogens with two attached hydrogens (primary N) is 1. The van der Waals surface area contributed by atoms with Crippen LogP contribution in [0.25, 0.3) is 16.3 Å². The topological polar surface area (TPSA) is 141 Å². The van der Waals surface area contributed by atoms with Gasteiger partial charge in [0.25, 0.3) is 5.91 Å². The number of nitrogens with one attached hydrogen (secondary N) is 1. The zero-order valence-electron chi connectivity index (χ0n) is 22.0. The molecule has 4 aromatic rings. The monoisotopic (exact) mass is 610 g/mol. The van der Waals surface area contributed by atoms with Crippen molar-refractivity contribution in [3.8, 4) is 17.6 Å². The SMILES string of the molecule is N#Cc1cc(C(N)=O)ccc1O.N=Cc1ccc(OCC(=O)N2CC=C(c3ccc(Br)cc3)CC2)c2ccccc12. The van der Waals surface area contributed by atoms with E-state index in [9.17, 15) is 9.59 Å². The molecule has 41 heavy (non-hydrogen) atoms. The van der Waals surface area contributed by atoms with Crippen molar-refractivity contribution < 1.29 is 19.4 Å². The second kappa shape index (κ2) is 13.4. The minimum atomic E-state index is -0.619. The Hall–Kier alpha value is -4.94. The van der Waals surface area contributed by atoms with Crippen molar-refractivity contribution in [2.24, 2.45) is 5.73 Å². The molecule has 5 rings (SSSR count). The average Bonchev–Trinajstić information content (AvgIpc) is 3.00. The smallest absolute Gasteiger partial charge is 0.260 e. The number of fused-ring (bicyclic) bond motifs is 1. The van der Waals surface area contributed by atoms with E-state index in [1.807, 2.05) is 53.4 Å². The summed E-state index contributed by atoms with van der Waals surface area (Å²) in [5.41, 5.74) is 8.53. The summed E-state index contributed by atoms with van der Waals surface area (Å²) in [5.74, 6) is -0.118. The first-order chi connectivity index (χ1) is 19.8. The summed E-state index contributed by atoms with van der Waals surface area (Å²) in [6.45, 7) is 1.30. The van der Waals surface area contributed by atoms with Crippen LogP contribution in [-0.4, -0.2) is 47.7 Å². The van der Waals surface area contributed by atoms with Gasteiger partial charge < -0.3 is 25.9 Å². The highest BCUT2D eigenvalue weighted by molar-refractivity contribution is 9.10. The fourth-order valence-corrected chi connectivity index (χ4v) is 4.64. The molecule has 0 fully saturated rings. The van der Waals surface area contributed by atoms with Gasteiger partial charge in [-0.25, -0.2) is 0 Å². The molecule has 206 valence electrons. The molecule has 9 heteroatoms. The molecule has 4 aromatic carbocycles. The van der Waals surface area contributed by atoms with Crippen LogP contribution < -0.4 is 10.5 Å². The third kappa shape index (κ3) is 7.18. The number of amides is 2. The van der Waals surface area contributed by atoms with Crippen molar-refractivity contribution in [1.29, 1.82) is 10.7 Å². The molecule has 0 radical (unpaired) electrons. The number of primary amides is 1. The van der Waals surface area contributed by atoms with Crippen molar-refractivity contribution in [3.63, 3.8) is 0 Å². The van der Waals surface area contributed by atoms with E-state index in [2.05, 4.69) is 34.1 Å². The first kappa shape index (κ1) is 29.1. The summed E-state index contributed by atoms with van der Waals surface area (Å²) >= 11 is 3.46. The van der Waals surface area contributed by atoms with Gasteiger partial charge in [-0.05, 0) is 65.4 Å². The number of halogens is 1. The summed E-state index contributed by atoms with van der Waals surface area (Å²) in [6, 6.07) is 25.3. The van der Waals surface area contributed by atoms with Gasteiger partial charge in [-0.1, -0.05) is 58.4 Å². The fourth-order valence-electron chi connectivity index (χ4n) is 4.38. The van der Waals surface area contributed by atoms with Gasteiger partial charge in [0, 0.05) is 40.3 Å². The number of benzene rings is 4. The zero-order valence-corrected chi connectivity index (χ0v) is 23.6. The van der Waals surface area contributed by atoms with Crippen molar-refractivity contribution in [3.05, 3.63) is 112 Å². The van der Waals surface area contributed by atoms with Crippen LogP contribution in [0.4, 0.5) is 0 Å². The molecular formula is C32H27BrN4O4. The zero-order chi connectivity index (χ0) is 29.4. The molecule has 2 amide bonds. The van der Waals surface area contributed by atoms with Gasteiger partial charge in [-0.15, -0.1) is 0 Å². The van der Waals surface area contributed by atoms with E-state index in [4.69, 9.17) is 26.2 Å². The highest BCUT2D eigenvalue weighted by Crippen LogP contribution is 2.28. The quantitative estimate of drug-likeness (QED) is 0.242. The lowest BCUT2D eigenvalue weighted by Gasteiger charge is -2.27. The maximum atomic E-state index is 12.6. The predicted molar refractivity (Wildman–Crippen MR) is 162 cm³/mol. The third-order valence-corrected chi connectivity index (χ3v) is 7.13. The van der Waals surface area contributed by atoms with Crippen LogP contribution in [0, 0.1) is 16.7 Å². The number of phenols is 1. The molecule has 0 bridgehead atoms. The minimum absolute atomic E-state index is 0.00931. The second-order valence-corrected chi connectivity index (χ2v) is 10.1. The van der Waals surface area contributed by atoms with E-state index < -0.39 is 5.91 Å². The van der Waals surface area contributed by atoms with Crippen molar-refractivity contribution >= 4 is 50.3 Å². The molecular weight excluding hydrogens is 584 g/mol. The Kier molecular flexibility index (Phi) is 9.51. The Morgan fingerprint density at radius 1 is 1.07 bits per heavy atom. The highest BCUT2D eigenvalue weighted by atomic mass is 79.9. The summed E-state index contributed by atoms with van der Waals surface area (Å²) in [4.78, 5) is 25.1. The molecule has 0 atom stereocenters. The van der Waals surface area contributed by atoms with Crippen molar-refractivity contribution in [2.45, 2.75) is 6.42 Å². The number of nitriles is 1. The van der Waals surface area contributed by atoms with Gasteiger partial charge in [-0.3, -0.25) is 9.59 Å². The number of rotatable bonds is 6. The summed E-state index contributed by atoms with van der Waals surface area (Å²) < 4.78 is 6.93. The first-order valence-corrected chi connectivity index (χ1v) is 13.5. The van der Waals surface area contributed by atoms with Gasteiger partial charge in [0.05, 0.1) is 5.56 Å². The van der Waals surface area contributed by atoms with Crippen LogP contribution in [-0.2, 0) is 4.79 Å². The Bertz CT molecular complexity index is 1680. The lowest BCUT2D eigenvalue weighted by molar-refractivity contribution is -0.132. The van der Waals surface area contributed by atoms with E-state index in [1.54, 1.807) is 6.07 Å². The van der Waals surface area contributed by atoms with E-state index >= 15 is 0 Å². The number of phenolic OH excluding ortho intramolecular Hbond substituents is 1. The normalized spacial score (nSPS) is 12.4. The predicted octanol–water partition coefficient (Wildman–Crippen LogP) is 5.66. The number of aromatic hydroxyl groups is 1. The van der Waals surface area contributed by atoms with Gasteiger partial charge in [0.2, 0.25) is 5.91 Å². The van der Waals surface area contributed by atoms with E-state index in [1.165, 1.54) is 35.6 Å². The molecule has 0 unspecified atom stereocenters. The molecule has 1 aliphatic rings. The Labute approximate surface area is 245 Å². The van der Waals surface area contributed by atoms with Gasteiger partial charge in [-0.2, -0.15) is 5.26 Å². The molecule has 4 N–H and O–H groups in total. The summed E-state index contributed by atoms with van der Waals surface area (Å²) in [6.07, 6.45) is 4.30. The van der Waals surface area contributed by atoms with Crippen LogP contribution in [0.1, 0.15) is 33.5 Å². The molecule has 0 saturated carbocycles. The summed E-state index contributed by atoms with van der Waals surface area (Å²) in [7, 11) is 0. The Morgan fingerprint density at radius 3 is 2.44 bits per heavy atom. The third-order valence-electron chi connectivity index (χ3n) is 6.60. The standard InChI is InChI=1S/C24H21BrN2O2.C8H6N2O2/c25-20-8-5-17(6-9-20)18-11-13-27(14-12-18)24(28)16-29-23-10-7-19(15-26)21-3-1-2-4-22(21)23;9-4-6-3-5(8(10)12)1-2-7(6)11/h1-11,15,26H,12-14,16H2;1-3,11H,(H2,10,12). The van der Waals surface area contributed by atoms with Crippen molar-refractivity contribution in [1.82, 2.24) is 4.90 Å². The van der Waals surface area contributed by atoms with Crippen molar-refractivity contribution in [2.75, 3.05) is 19.7 Å². The lowest BCUT2D eigenvalue weighted by Crippen LogP contribution is -2.37. The second-order valence-electron chi connectivity index (χ2n) is 9.17. The average molecular weight is 611 g/mol. The van der Waals surface area contributed by atoms with Crippen LogP contribution in [0.5, 0.6) is 11.5 Å². The molecule has 8 nitrogen and oxygen atoms in total. The molecule has 1 heterocycles. The van der Waals surface area contributed by atoms with Crippen LogP contribution in [0.2, 0.25) is 0 Å². The number of hydrogen-bond acceptors (Lipinski definition) is 6. The number of carbonyl (C=O) groups excluding carboxylic acids is 2. The van der Waals surface area contributed by atoms with Crippen LogP contribution in [0.3, 0.4) is 0 Å². The largest absolute Gasteiger partial charge is 0.507 e. The van der Waals surface area contributed by atoms with Gasteiger partial charge in [0.1, 0.15) is 17.6 Å².